The van der Waals surface area contributed by atoms with Gasteiger partial charge < -0.3 is 20.3 Å². The number of carbonyl (C=O) groups is 1. The Balaban J connectivity index is 1.97. The van der Waals surface area contributed by atoms with Crippen molar-refractivity contribution in [1.82, 2.24) is 10.9 Å². The summed E-state index contributed by atoms with van der Waals surface area (Å²) in [6.07, 6.45) is 6.43. The van der Waals surface area contributed by atoms with Gasteiger partial charge in [-0.1, -0.05) is 0 Å². The van der Waals surface area contributed by atoms with Crippen molar-refractivity contribution in [3.63, 3.8) is 0 Å². The zero-order valence-corrected chi connectivity index (χ0v) is 19.5. The van der Waals surface area contributed by atoms with E-state index in [2.05, 4.69) is 31.0 Å². The highest BCUT2D eigenvalue weighted by Gasteiger charge is 2.38. The maximum absolute atomic E-state index is 11.8. The molecule has 0 aromatic rings. The summed E-state index contributed by atoms with van der Waals surface area (Å²) in [7, 11) is 0. The Labute approximate surface area is 199 Å². The van der Waals surface area contributed by atoms with E-state index in [0.29, 0.717) is 38.3 Å². The van der Waals surface area contributed by atoms with E-state index in [9.17, 15) is 4.79 Å². The molecule has 34 heavy (non-hydrogen) atoms. The summed E-state index contributed by atoms with van der Waals surface area (Å²) in [6, 6.07) is -0.427. The zero-order chi connectivity index (χ0) is 24.8. The minimum atomic E-state index is -0.439. The van der Waals surface area contributed by atoms with Gasteiger partial charge in [0.2, 0.25) is 0 Å². The average molecular weight is 475 g/mol. The fourth-order valence-corrected chi connectivity index (χ4v) is 4.55. The highest BCUT2D eigenvalue weighted by molar-refractivity contribution is 6.01. The Kier molecular flexibility index (Phi) is 11.5. The Morgan fingerprint density at radius 1 is 1.12 bits per heavy atom. The normalized spacial score (nSPS) is 29.0. The highest BCUT2D eigenvalue weighted by atomic mass is 16.5. The first-order chi connectivity index (χ1) is 16.6. The molecule has 2 rings (SSSR count). The monoisotopic (exact) mass is 474 g/mol. The summed E-state index contributed by atoms with van der Waals surface area (Å²) < 4.78 is 10.8. The summed E-state index contributed by atoms with van der Waals surface area (Å²) >= 11 is 0. The van der Waals surface area contributed by atoms with Crippen LogP contribution in [0.15, 0.2) is 9.98 Å². The molecule has 0 spiro atoms. The number of nitrogens with one attached hydrogen (secondary N) is 4. The van der Waals surface area contributed by atoms with E-state index < -0.39 is 11.9 Å². The lowest BCUT2D eigenvalue weighted by molar-refractivity contribution is -0.141. The fraction of sp³-hybridized carbons (Fsp3) is 0.762. The summed E-state index contributed by atoms with van der Waals surface area (Å²) in [6.45, 7) is 3.03. The molecule has 2 aliphatic carbocycles. The molecule has 4 N–H and O–H groups in total. The molecule has 0 saturated heterocycles. The molecule has 0 aromatic carbocycles. The Morgan fingerprint density at radius 2 is 1.82 bits per heavy atom. The standard InChI is InChI=1S/C21H34N10O3/c1-2-34-20(32)12-27-21-14(6-7-19(29-31-25)16(21)11-23)13-33-9-8-26-17-4-3-5-18(28-30-24)15(17)10-22/h10-11,14-16,18-19,22-23,28-29H,2-9,12-13H2,1H3/q+2. The smallest absolute Gasteiger partial charge is 0.327 e. The lowest BCUT2D eigenvalue weighted by atomic mass is 9.77. The van der Waals surface area contributed by atoms with Crippen molar-refractivity contribution in [3.8, 4) is 0 Å². The third-order valence-corrected chi connectivity index (χ3v) is 6.16. The van der Waals surface area contributed by atoms with Crippen LogP contribution >= 0.6 is 0 Å². The van der Waals surface area contributed by atoms with Crippen LogP contribution in [0.5, 0.6) is 0 Å². The topological polar surface area (TPSA) is 188 Å². The number of rotatable bonds is 12. The van der Waals surface area contributed by atoms with Gasteiger partial charge in [-0.3, -0.25) is 14.8 Å². The van der Waals surface area contributed by atoms with Gasteiger partial charge in [0.1, 0.15) is 18.6 Å². The van der Waals surface area contributed by atoms with Gasteiger partial charge in [-0.05, 0) is 49.9 Å². The predicted octanol–water partition coefficient (Wildman–Crippen LogP) is 2.03. The van der Waals surface area contributed by atoms with Gasteiger partial charge in [0.15, 0.2) is 0 Å². The van der Waals surface area contributed by atoms with E-state index in [1.54, 1.807) is 6.92 Å². The van der Waals surface area contributed by atoms with Crippen molar-refractivity contribution in [1.29, 1.82) is 21.6 Å². The van der Waals surface area contributed by atoms with Gasteiger partial charge in [-0.2, -0.15) is 0 Å². The Hall–Kier alpha value is -3.45. The Morgan fingerprint density at radius 3 is 2.47 bits per heavy atom. The van der Waals surface area contributed by atoms with Gasteiger partial charge in [-0.15, -0.1) is 0 Å². The molecule has 13 nitrogen and oxygen atoms in total. The molecular formula is C21H34N10O3+2. The number of ether oxygens (including phenoxy) is 2. The van der Waals surface area contributed by atoms with Gasteiger partial charge in [-0.25, -0.2) is 0 Å². The summed E-state index contributed by atoms with van der Waals surface area (Å²) in [5.41, 5.74) is 6.80. The average Bonchev–Trinajstić information content (AvgIpc) is 2.84. The number of carbonyl (C=O) groups excluding carboxylic acids is 1. The number of hydrogen-bond acceptors (Lipinski definition) is 11. The molecule has 0 heterocycles. The maximum Gasteiger partial charge on any atom is 0.327 e. The van der Waals surface area contributed by atoms with Gasteiger partial charge >= 0.3 is 16.1 Å². The van der Waals surface area contributed by atoms with E-state index in [4.69, 9.17) is 31.1 Å². The minimum Gasteiger partial charge on any atom is -0.465 e. The second-order valence-corrected chi connectivity index (χ2v) is 8.22. The SMILES string of the molecule is CCOC(=O)CN=C1C(COCCN=C2CCCC(N[N+]#N)C2C=N)CCC(N[N+]#N)C1C=N. The number of hydrogen-bond donors (Lipinski definition) is 4. The molecule has 5 unspecified atom stereocenters. The number of diazo groups is 2. The van der Waals surface area contributed by atoms with Gasteiger partial charge in [0, 0.05) is 29.8 Å². The van der Waals surface area contributed by atoms with E-state index in [1.807, 2.05) is 0 Å². The number of nitrogens with zero attached hydrogens (tertiary/aromatic N) is 6. The van der Waals surface area contributed by atoms with Crippen molar-refractivity contribution in [3.05, 3.63) is 10.2 Å². The summed E-state index contributed by atoms with van der Waals surface area (Å²) in [5.74, 6) is -1.16. The lowest BCUT2D eigenvalue weighted by Gasteiger charge is -2.32. The number of esters is 1. The third kappa shape index (κ3) is 7.56. The first kappa shape index (κ1) is 26.8. The second kappa shape index (κ2) is 14.6. The Bertz CT molecular complexity index is 847. The van der Waals surface area contributed by atoms with Gasteiger partial charge in [0.05, 0.1) is 38.2 Å². The lowest BCUT2D eigenvalue weighted by Crippen LogP contribution is -2.46. The fourth-order valence-electron chi connectivity index (χ4n) is 4.55. The molecule has 184 valence electrons. The molecule has 2 fully saturated rings. The van der Waals surface area contributed by atoms with Crippen molar-refractivity contribution >= 4 is 29.8 Å². The largest absolute Gasteiger partial charge is 0.465 e. The molecule has 5 atom stereocenters. The molecule has 0 amide bonds. The molecule has 0 aromatic heterocycles. The van der Waals surface area contributed by atoms with Crippen LogP contribution in [0, 0.1) is 39.4 Å². The van der Waals surface area contributed by atoms with Crippen LogP contribution in [0.1, 0.15) is 39.0 Å². The zero-order valence-electron chi connectivity index (χ0n) is 19.5. The maximum atomic E-state index is 11.8. The minimum absolute atomic E-state index is 0.0887. The number of aliphatic imine (C=N–C) groups is 2. The van der Waals surface area contributed by atoms with E-state index in [0.717, 1.165) is 25.0 Å². The van der Waals surface area contributed by atoms with Crippen molar-refractivity contribution < 1.29 is 14.3 Å². The molecular weight excluding hydrogens is 440 g/mol. The quantitative estimate of drug-likeness (QED) is 0.109. The van der Waals surface area contributed by atoms with E-state index in [-0.39, 0.29) is 37.1 Å². The van der Waals surface area contributed by atoms with Gasteiger partial charge in [0.25, 0.3) is 10.8 Å². The van der Waals surface area contributed by atoms with Crippen LogP contribution in [0.25, 0.3) is 10.2 Å². The molecule has 0 radical (unpaired) electrons. The summed E-state index contributed by atoms with van der Waals surface area (Å²) in [4.78, 5) is 20.9. The molecule has 13 heteroatoms. The van der Waals surface area contributed by atoms with Crippen molar-refractivity contribution in [2.75, 3.05) is 32.9 Å². The van der Waals surface area contributed by atoms with E-state index in [1.165, 1.54) is 12.4 Å². The van der Waals surface area contributed by atoms with Crippen LogP contribution in [-0.4, -0.2) is 74.8 Å². The van der Waals surface area contributed by atoms with Crippen LogP contribution < -0.4 is 10.9 Å². The van der Waals surface area contributed by atoms with Crippen LogP contribution in [0.4, 0.5) is 0 Å². The van der Waals surface area contributed by atoms with Crippen molar-refractivity contribution in [2.24, 2.45) is 27.7 Å². The second-order valence-electron chi connectivity index (χ2n) is 8.22. The van der Waals surface area contributed by atoms with Crippen LogP contribution in [-0.2, 0) is 14.3 Å². The van der Waals surface area contributed by atoms with Crippen LogP contribution in [0.3, 0.4) is 0 Å². The first-order valence-corrected chi connectivity index (χ1v) is 11.6. The third-order valence-electron chi connectivity index (χ3n) is 6.16. The molecule has 2 aliphatic rings. The van der Waals surface area contributed by atoms with Crippen LogP contribution in [0.2, 0.25) is 0 Å². The first-order valence-electron chi connectivity index (χ1n) is 11.6. The molecule has 0 aliphatic heterocycles. The summed E-state index contributed by atoms with van der Waals surface area (Å²) in [5, 5.41) is 39.3. The highest BCUT2D eigenvalue weighted by Crippen LogP contribution is 2.27. The predicted molar refractivity (Wildman–Crippen MR) is 127 cm³/mol. The van der Waals surface area contributed by atoms with E-state index >= 15 is 0 Å². The van der Waals surface area contributed by atoms with Crippen molar-refractivity contribution in [2.45, 2.75) is 51.1 Å². The molecule has 0 bridgehead atoms. The molecule has 2 saturated carbocycles.